The molecule has 15 heavy (non-hydrogen) atoms. The minimum absolute atomic E-state index is 0.559. The van der Waals surface area contributed by atoms with E-state index in [1.54, 1.807) is 6.21 Å². The molecule has 0 bridgehead atoms. The molecular weight excluding hydrogens is 206 g/mol. The summed E-state index contributed by atoms with van der Waals surface area (Å²) in [4.78, 5) is 0.764. The van der Waals surface area contributed by atoms with Crippen LogP contribution in [0.2, 0.25) is 0 Å². The van der Waals surface area contributed by atoms with Gasteiger partial charge in [-0.25, -0.2) is 4.21 Å². The Morgan fingerprint density at radius 2 is 1.93 bits per heavy atom. The van der Waals surface area contributed by atoms with Crippen LogP contribution in [-0.4, -0.2) is 10.4 Å². The summed E-state index contributed by atoms with van der Waals surface area (Å²) in [6.45, 7) is 6.23. The fraction of sp³-hybridized carbons (Fsp3) is 0.417. The van der Waals surface area contributed by atoms with Crippen LogP contribution in [0.1, 0.15) is 25.8 Å². The maximum atomic E-state index is 11.7. The third-order valence-electron chi connectivity index (χ3n) is 1.97. The summed E-state index contributed by atoms with van der Waals surface area (Å²) in [6, 6.07) is 7.62. The fourth-order valence-electron chi connectivity index (χ4n) is 1.04. The van der Waals surface area contributed by atoms with Crippen molar-refractivity contribution in [3.05, 3.63) is 29.8 Å². The normalized spacial score (nSPS) is 13.6. The molecular formula is C12H17NOS. The second-order valence-corrected chi connectivity index (χ2v) is 5.16. The molecule has 0 aromatic heterocycles. The maximum Gasteiger partial charge on any atom is 0.172 e. The van der Waals surface area contributed by atoms with E-state index in [1.807, 2.05) is 31.2 Å². The third-order valence-corrected chi connectivity index (χ3v) is 2.99. The summed E-state index contributed by atoms with van der Waals surface area (Å²) in [5, 5.41) is 0. The fourth-order valence-corrected chi connectivity index (χ4v) is 1.75. The summed E-state index contributed by atoms with van der Waals surface area (Å²) < 4.78 is 15.7. The van der Waals surface area contributed by atoms with E-state index < -0.39 is 11.0 Å². The van der Waals surface area contributed by atoms with Gasteiger partial charge in [-0.3, -0.25) is 0 Å². The zero-order valence-corrected chi connectivity index (χ0v) is 10.3. The van der Waals surface area contributed by atoms with Crippen LogP contribution in [0.5, 0.6) is 0 Å². The van der Waals surface area contributed by atoms with Gasteiger partial charge in [0.05, 0.1) is 4.90 Å². The molecule has 0 aliphatic rings. The minimum Gasteiger partial charge on any atom is -0.230 e. The molecule has 3 heteroatoms. The molecule has 0 heterocycles. The van der Waals surface area contributed by atoms with Crippen LogP contribution in [0.15, 0.2) is 33.6 Å². The van der Waals surface area contributed by atoms with Crippen LogP contribution in [-0.2, 0) is 11.0 Å². The van der Waals surface area contributed by atoms with Crippen LogP contribution >= 0.6 is 0 Å². The van der Waals surface area contributed by atoms with Crippen molar-refractivity contribution in [2.24, 2.45) is 10.3 Å². The van der Waals surface area contributed by atoms with Crippen molar-refractivity contribution in [3.63, 3.8) is 0 Å². The Morgan fingerprint density at radius 1 is 1.33 bits per heavy atom. The highest BCUT2D eigenvalue weighted by Gasteiger charge is 1.99. The zero-order valence-electron chi connectivity index (χ0n) is 9.43. The van der Waals surface area contributed by atoms with Gasteiger partial charge in [-0.2, -0.15) is 4.40 Å². The topological polar surface area (TPSA) is 29.4 Å². The molecule has 0 fully saturated rings. The van der Waals surface area contributed by atoms with Gasteiger partial charge in [-0.15, -0.1) is 0 Å². The number of hydrogen-bond acceptors (Lipinski definition) is 1. The number of aryl methyl sites for hydroxylation is 1. The summed E-state index contributed by atoms with van der Waals surface area (Å²) in [5.74, 6) is 0.559. The lowest BCUT2D eigenvalue weighted by molar-refractivity contribution is 0.681. The van der Waals surface area contributed by atoms with E-state index in [-0.39, 0.29) is 0 Å². The lowest BCUT2D eigenvalue weighted by atomic mass is 10.2. The van der Waals surface area contributed by atoms with Crippen molar-refractivity contribution in [1.29, 1.82) is 0 Å². The molecule has 1 aromatic carbocycles. The van der Waals surface area contributed by atoms with Crippen molar-refractivity contribution in [2.75, 3.05) is 0 Å². The SMILES string of the molecule is Cc1ccc(S(=O)N=CCC(C)C)cc1. The molecule has 2 nitrogen and oxygen atoms in total. The molecule has 0 aliphatic carbocycles. The molecule has 82 valence electrons. The lowest BCUT2D eigenvalue weighted by Gasteiger charge is -1.98. The van der Waals surface area contributed by atoms with E-state index in [2.05, 4.69) is 18.2 Å². The number of nitrogens with zero attached hydrogens (tertiary/aromatic N) is 1. The largest absolute Gasteiger partial charge is 0.230 e. The second-order valence-electron chi connectivity index (χ2n) is 3.98. The van der Waals surface area contributed by atoms with Crippen LogP contribution in [0, 0.1) is 12.8 Å². The van der Waals surface area contributed by atoms with E-state index in [0.717, 1.165) is 11.3 Å². The number of benzene rings is 1. The molecule has 0 N–H and O–H groups in total. The molecule has 1 unspecified atom stereocenters. The Bertz CT molecular complexity index is 354. The molecule has 0 saturated heterocycles. The Kier molecular flexibility index (Phi) is 4.69. The number of rotatable bonds is 4. The van der Waals surface area contributed by atoms with Crippen LogP contribution in [0.3, 0.4) is 0 Å². The summed E-state index contributed by atoms with van der Waals surface area (Å²) >= 11 is 0. The summed E-state index contributed by atoms with van der Waals surface area (Å²) in [5.41, 5.74) is 1.17. The summed E-state index contributed by atoms with van der Waals surface area (Å²) in [6.07, 6.45) is 2.62. The van der Waals surface area contributed by atoms with Gasteiger partial charge in [0.1, 0.15) is 0 Å². The monoisotopic (exact) mass is 223 g/mol. The molecule has 0 radical (unpaired) electrons. The first-order valence-corrected chi connectivity index (χ1v) is 6.21. The molecule has 0 aliphatic heterocycles. The molecule has 0 spiro atoms. The van der Waals surface area contributed by atoms with Crippen molar-refractivity contribution >= 4 is 17.2 Å². The smallest absolute Gasteiger partial charge is 0.172 e. The lowest BCUT2D eigenvalue weighted by Crippen LogP contribution is -1.91. The van der Waals surface area contributed by atoms with Gasteiger partial charge in [0.25, 0.3) is 0 Å². The maximum absolute atomic E-state index is 11.7. The standard InChI is InChI=1S/C12H17NOS/c1-10(2)8-9-13-15(14)12-6-4-11(3)5-7-12/h4-7,9-10H,8H2,1-3H3. The van der Waals surface area contributed by atoms with Gasteiger partial charge in [-0.1, -0.05) is 31.5 Å². The predicted molar refractivity (Wildman–Crippen MR) is 65.5 cm³/mol. The first-order chi connectivity index (χ1) is 7.09. The first-order valence-electron chi connectivity index (χ1n) is 5.10. The van der Waals surface area contributed by atoms with E-state index >= 15 is 0 Å². The van der Waals surface area contributed by atoms with Crippen LogP contribution in [0.25, 0.3) is 0 Å². The van der Waals surface area contributed by atoms with E-state index in [1.165, 1.54) is 5.56 Å². The van der Waals surface area contributed by atoms with Gasteiger partial charge in [0, 0.05) is 6.21 Å². The molecule has 1 aromatic rings. The van der Waals surface area contributed by atoms with Gasteiger partial charge in [0.15, 0.2) is 11.0 Å². The highest BCUT2D eigenvalue weighted by Crippen LogP contribution is 2.09. The van der Waals surface area contributed by atoms with E-state index in [0.29, 0.717) is 5.92 Å². The van der Waals surface area contributed by atoms with Crippen LogP contribution in [0.4, 0.5) is 0 Å². The zero-order chi connectivity index (χ0) is 11.3. The predicted octanol–water partition coefficient (Wildman–Crippen LogP) is 3.13. The first kappa shape index (κ1) is 12.1. The Morgan fingerprint density at radius 3 is 2.47 bits per heavy atom. The van der Waals surface area contributed by atoms with Crippen molar-refractivity contribution < 1.29 is 4.21 Å². The van der Waals surface area contributed by atoms with Gasteiger partial charge >= 0.3 is 0 Å². The minimum atomic E-state index is -1.24. The Balaban J connectivity index is 2.61. The molecule has 1 atom stereocenters. The Hall–Kier alpha value is -0.960. The summed E-state index contributed by atoms with van der Waals surface area (Å²) in [7, 11) is -1.24. The average Bonchev–Trinajstić information content (AvgIpc) is 2.18. The second kappa shape index (κ2) is 5.81. The van der Waals surface area contributed by atoms with Crippen LogP contribution < -0.4 is 0 Å². The van der Waals surface area contributed by atoms with Gasteiger partial charge < -0.3 is 0 Å². The average molecular weight is 223 g/mol. The van der Waals surface area contributed by atoms with E-state index in [4.69, 9.17) is 0 Å². The third kappa shape index (κ3) is 4.38. The van der Waals surface area contributed by atoms with Crippen molar-refractivity contribution in [2.45, 2.75) is 32.1 Å². The van der Waals surface area contributed by atoms with E-state index in [9.17, 15) is 4.21 Å². The molecule has 0 saturated carbocycles. The van der Waals surface area contributed by atoms with Crippen molar-refractivity contribution in [3.8, 4) is 0 Å². The van der Waals surface area contributed by atoms with Gasteiger partial charge in [-0.05, 0) is 31.4 Å². The highest BCUT2D eigenvalue weighted by molar-refractivity contribution is 7.83. The number of hydrogen-bond donors (Lipinski definition) is 0. The molecule has 0 amide bonds. The van der Waals surface area contributed by atoms with Crippen molar-refractivity contribution in [1.82, 2.24) is 0 Å². The van der Waals surface area contributed by atoms with Gasteiger partial charge in [0.2, 0.25) is 0 Å². The highest BCUT2D eigenvalue weighted by atomic mass is 32.2. The Labute approximate surface area is 94.0 Å². The quantitative estimate of drug-likeness (QED) is 0.721. The molecule has 1 rings (SSSR count).